The highest BCUT2D eigenvalue weighted by molar-refractivity contribution is 7.09. The maximum atomic E-state index is 6.05. The summed E-state index contributed by atoms with van der Waals surface area (Å²) < 4.78 is 0. The number of rotatable bonds is 3. The number of nitrogens with two attached hydrogens (primary N) is 1. The van der Waals surface area contributed by atoms with Crippen LogP contribution < -0.4 is 11.1 Å². The van der Waals surface area contributed by atoms with Gasteiger partial charge in [-0.05, 0) is 44.7 Å². The molecule has 0 saturated heterocycles. The summed E-state index contributed by atoms with van der Waals surface area (Å²) in [4.78, 5) is 4.55. The van der Waals surface area contributed by atoms with Crippen LogP contribution in [-0.2, 0) is 0 Å². The van der Waals surface area contributed by atoms with Gasteiger partial charge in [-0.1, -0.05) is 12.1 Å². The molecule has 3 N–H and O–H groups in total. The maximum absolute atomic E-state index is 6.05. The average Bonchev–Trinajstić information content (AvgIpc) is 2.86. The van der Waals surface area contributed by atoms with Gasteiger partial charge in [-0.3, -0.25) is 0 Å². The Morgan fingerprint density at radius 2 is 2.25 bits per heavy atom. The summed E-state index contributed by atoms with van der Waals surface area (Å²) in [7, 11) is 0. The van der Waals surface area contributed by atoms with E-state index in [9.17, 15) is 0 Å². The molecule has 1 saturated carbocycles. The van der Waals surface area contributed by atoms with E-state index in [0.29, 0.717) is 12.1 Å². The molecule has 20 heavy (non-hydrogen) atoms. The Hall–Kier alpha value is -1.39. The van der Waals surface area contributed by atoms with E-state index >= 15 is 0 Å². The van der Waals surface area contributed by atoms with Crippen molar-refractivity contribution in [2.45, 2.75) is 44.7 Å². The van der Waals surface area contributed by atoms with Crippen LogP contribution in [0.1, 0.15) is 30.7 Å². The molecule has 0 amide bonds. The van der Waals surface area contributed by atoms with Crippen molar-refractivity contribution < 1.29 is 0 Å². The zero-order chi connectivity index (χ0) is 13.9. The third-order valence-corrected chi connectivity index (χ3v) is 4.64. The summed E-state index contributed by atoms with van der Waals surface area (Å²) in [6, 6.07) is 9.38. The van der Waals surface area contributed by atoms with Crippen molar-refractivity contribution in [2.75, 3.05) is 5.32 Å². The first kappa shape index (κ1) is 13.6. The van der Waals surface area contributed by atoms with Gasteiger partial charge in [0.15, 0.2) is 0 Å². The van der Waals surface area contributed by atoms with Gasteiger partial charge in [0.25, 0.3) is 0 Å². The van der Waals surface area contributed by atoms with E-state index < -0.39 is 0 Å². The summed E-state index contributed by atoms with van der Waals surface area (Å²) in [5, 5.41) is 6.85. The second kappa shape index (κ2) is 5.94. The van der Waals surface area contributed by atoms with Crippen LogP contribution in [0.2, 0.25) is 0 Å². The molecule has 1 aliphatic rings. The quantitative estimate of drug-likeness (QED) is 0.902. The molecule has 0 radical (unpaired) electrons. The standard InChI is InChI=1S/C16H21N3S/c1-11-18-16(10-20-11)12-4-2-6-14(8-12)19-15-7-3-5-13(17)9-15/h2,4,6,8,10,13,15,19H,3,5,7,9,17H2,1H3. The Labute approximate surface area is 124 Å². The van der Waals surface area contributed by atoms with E-state index in [2.05, 4.69) is 39.9 Å². The topological polar surface area (TPSA) is 50.9 Å². The van der Waals surface area contributed by atoms with Crippen LogP contribution in [0.25, 0.3) is 11.3 Å². The first-order valence-electron chi connectivity index (χ1n) is 7.25. The van der Waals surface area contributed by atoms with Gasteiger partial charge in [-0.25, -0.2) is 4.98 Å². The molecule has 2 aromatic rings. The summed E-state index contributed by atoms with van der Waals surface area (Å²) in [6.07, 6.45) is 4.67. The van der Waals surface area contributed by atoms with E-state index in [0.717, 1.165) is 23.5 Å². The molecule has 1 aliphatic carbocycles. The Morgan fingerprint density at radius 3 is 3.00 bits per heavy atom. The van der Waals surface area contributed by atoms with Crippen molar-refractivity contribution in [3.63, 3.8) is 0 Å². The Kier molecular flexibility index (Phi) is 4.03. The van der Waals surface area contributed by atoms with Gasteiger partial charge in [0.2, 0.25) is 0 Å². The SMILES string of the molecule is Cc1nc(-c2cccc(NC3CCCC(N)C3)c2)cs1. The molecule has 2 atom stereocenters. The number of aromatic nitrogens is 1. The fraction of sp³-hybridized carbons (Fsp3) is 0.438. The van der Waals surface area contributed by atoms with Gasteiger partial charge in [-0.2, -0.15) is 0 Å². The summed E-state index contributed by atoms with van der Waals surface area (Å²) in [5.74, 6) is 0. The molecule has 0 aliphatic heterocycles. The van der Waals surface area contributed by atoms with E-state index in [1.807, 2.05) is 6.92 Å². The molecule has 4 heteroatoms. The average molecular weight is 287 g/mol. The van der Waals surface area contributed by atoms with Crippen LogP contribution in [0.3, 0.4) is 0 Å². The minimum absolute atomic E-state index is 0.352. The lowest BCUT2D eigenvalue weighted by Gasteiger charge is -2.28. The number of benzene rings is 1. The zero-order valence-corrected chi connectivity index (χ0v) is 12.6. The number of nitrogens with zero attached hydrogens (tertiary/aromatic N) is 1. The first-order valence-corrected chi connectivity index (χ1v) is 8.13. The smallest absolute Gasteiger partial charge is 0.0901 e. The fourth-order valence-electron chi connectivity index (χ4n) is 2.86. The molecule has 3 nitrogen and oxygen atoms in total. The highest BCUT2D eigenvalue weighted by Crippen LogP contribution is 2.26. The van der Waals surface area contributed by atoms with E-state index in [1.165, 1.54) is 24.1 Å². The van der Waals surface area contributed by atoms with Crippen LogP contribution in [0.15, 0.2) is 29.6 Å². The molecule has 106 valence electrons. The third-order valence-electron chi connectivity index (χ3n) is 3.86. The van der Waals surface area contributed by atoms with Crippen molar-refractivity contribution in [3.8, 4) is 11.3 Å². The van der Waals surface area contributed by atoms with Crippen molar-refractivity contribution >= 4 is 17.0 Å². The number of nitrogens with one attached hydrogen (secondary N) is 1. The second-order valence-electron chi connectivity index (χ2n) is 5.60. The highest BCUT2D eigenvalue weighted by Gasteiger charge is 2.18. The largest absolute Gasteiger partial charge is 0.382 e. The molecule has 1 aromatic carbocycles. The molecule has 1 fully saturated rings. The van der Waals surface area contributed by atoms with Crippen LogP contribution in [-0.4, -0.2) is 17.1 Å². The molecule has 2 unspecified atom stereocenters. The van der Waals surface area contributed by atoms with Gasteiger partial charge >= 0.3 is 0 Å². The van der Waals surface area contributed by atoms with Crippen molar-refractivity contribution in [2.24, 2.45) is 5.73 Å². The third kappa shape index (κ3) is 3.19. The van der Waals surface area contributed by atoms with Gasteiger partial charge in [0, 0.05) is 28.7 Å². The number of aryl methyl sites for hydroxylation is 1. The van der Waals surface area contributed by atoms with Crippen molar-refractivity contribution in [1.29, 1.82) is 0 Å². The Morgan fingerprint density at radius 1 is 1.35 bits per heavy atom. The lowest BCUT2D eigenvalue weighted by molar-refractivity contribution is 0.409. The van der Waals surface area contributed by atoms with Gasteiger partial charge in [0.1, 0.15) is 0 Å². The van der Waals surface area contributed by atoms with E-state index in [4.69, 9.17) is 5.73 Å². The van der Waals surface area contributed by atoms with Crippen molar-refractivity contribution in [1.82, 2.24) is 4.98 Å². The fourth-order valence-corrected chi connectivity index (χ4v) is 3.48. The maximum Gasteiger partial charge on any atom is 0.0901 e. The van der Waals surface area contributed by atoms with E-state index in [-0.39, 0.29) is 0 Å². The number of anilines is 1. The summed E-state index contributed by atoms with van der Waals surface area (Å²) in [5.41, 5.74) is 9.47. The first-order chi connectivity index (χ1) is 9.70. The number of hydrogen-bond acceptors (Lipinski definition) is 4. The second-order valence-corrected chi connectivity index (χ2v) is 6.66. The molecular formula is C16H21N3S. The molecule has 3 rings (SSSR count). The molecule has 0 spiro atoms. The Balaban J connectivity index is 1.74. The van der Waals surface area contributed by atoms with Crippen molar-refractivity contribution in [3.05, 3.63) is 34.7 Å². The lowest BCUT2D eigenvalue weighted by atomic mass is 9.91. The highest BCUT2D eigenvalue weighted by atomic mass is 32.1. The van der Waals surface area contributed by atoms with Gasteiger partial charge < -0.3 is 11.1 Å². The lowest BCUT2D eigenvalue weighted by Crippen LogP contribution is -2.34. The minimum Gasteiger partial charge on any atom is -0.382 e. The number of hydrogen-bond donors (Lipinski definition) is 2. The normalized spacial score (nSPS) is 22.7. The molecule has 1 aromatic heterocycles. The van der Waals surface area contributed by atoms with Crippen LogP contribution in [0, 0.1) is 6.92 Å². The minimum atomic E-state index is 0.352. The zero-order valence-electron chi connectivity index (χ0n) is 11.8. The van der Waals surface area contributed by atoms with E-state index in [1.54, 1.807) is 11.3 Å². The number of thiazole rings is 1. The predicted octanol–water partition coefficient (Wildman–Crippen LogP) is 3.80. The monoisotopic (exact) mass is 287 g/mol. The van der Waals surface area contributed by atoms with Crippen LogP contribution in [0.4, 0.5) is 5.69 Å². The summed E-state index contributed by atoms with van der Waals surface area (Å²) >= 11 is 1.69. The molecule has 0 bridgehead atoms. The van der Waals surface area contributed by atoms with Gasteiger partial charge in [0.05, 0.1) is 10.7 Å². The van der Waals surface area contributed by atoms with Crippen LogP contribution >= 0.6 is 11.3 Å². The Bertz CT molecular complexity index is 579. The van der Waals surface area contributed by atoms with Crippen LogP contribution in [0.5, 0.6) is 0 Å². The predicted molar refractivity (Wildman–Crippen MR) is 86.1 cm³/mol. The van der Waals surface area contributed by atoms with Gasteiger partial charge in [-0.15, -0.1) is 11.3 Å². The molecule has 1 heterocycles. The molecular weight excluding hydrogens is 266 g/mol. The summed E-state index contributed by atoms with van der Waals surface area (Å²) in [6.45, 7) is 2.04.